The van der Waals surface area contributed by atoms with E-state index in [0.717, 1.165) is 16.7 Å². The van der Waals surface area contributed by atoms with Crippen molar-refractivity contribution in [2.45, 2.75) is 6.54 Å². The van der Waals surface area contributed by atoms with Crippen LogP contribution in [0, 0.1) is 0 Å². The molecule has 1 heterocycles. The summed E-state index contributed by atoms with van der Waals surface area (Å²) in [6.07, 6.45) is 0. The summed E-state index contributed by atoms with van der Waals surface area (Å²) in [5.74, 6) is 0. The van der Waals surface area contributed by atoms with Gasteiger partial charge in [-0.3, -0.25) is 0 Å². The van der Waals surface area contributed by atoms with Gasteiger partial charge in [-0.15, -0.1) is 0 Å². The third-order valence-electron chi connectivity index (χ3n) is 1.66. The van der Waals surface area contributed by atoms with Crippen molar-refractivity contribution < 1.29 is 4.42 Å². The van der Waals surface area contributed by atoms with Crippen LogP contribution in [0.15, 0.2) is 27.4 Å². The van der Waals surface area contributed by atoms with Gasteiger partial charge in [0.2, 0.25) is 0 Å². The Balaban J connectivity index is 2.66. The summed E-state index contributed by atoms with van der Waals surface area (Å²) in [7, 11) is 0. The van der Waals surface area contributed by atoms with E-state index in [2.05, 4.69) is 20.9 Å². The van der Waals surface area contributed by atoms with E-state index in [1.807, 2.05) is 18.2 Å². The zero-order chi connectivity index (χ0) is 8.55. The van der Waals surface area contributed by atoms with E-state index in [1.54, 1.807) is 0 Å². The second-order valence-corrected chi connectivity index (χ2v) is 3.15. The van der Waals surface area contributed by atoms with Crippen LogP contribution in [0.25, 0.3) is 11.1 Å². The molecule has 0 bridgehead atoms. The molecule has 62 valence electrons. The molecule has 1 aromatic heterocycles. The monoisotopic (exact) mass is 226 g/mol. The van der Waals surface area contributed by atoms with Gasteiger partial charge in [0, 0.05) is 22.5 Å². The van der Waals surface area contributed by atoms with Gasteiger partial charge < -0.3 is 10.2 Å². The molecule has 0 saturated heterocycles. The molecule has 2 N–H and O–H groups in total. The van der Waals surface area contributed by atoms with Crippen molar-refractivity contribution in [3.63, 3.8) is 0 Å². The molecule has 0 aliphatic rings. The highest BCUT2D eigenvalue weighted by molar-refractivity contribution is 9.10. The Morgan fingerprint density at radius 1 is 1.50 bits per heavy atom. The SMILES string of the molecule is NCc1ccc2oc(Br)nc2c1. The first-order chi connectivity index (χ1) is 5.79. The van der Waals surface area contributed by atoms with Gasteiger partial charge in [-0.2, -0.15) is 0 Å². The lowest BCUT2D eigenvalue weighted by Crippen LogP contribution is -1.94. The third kappa shape index (κ3) is 1.23. The first-order valence-corrected chi connectivity index (χ1v) is 4.34. The van der Waals surface area contributed by atoms with Crippen molar-refractivity contribution in [1.29, 1.82) is 0 Å². The van der Waals surface area contributed by atoms with E-state index >= 15 is 0 Å². The molecule has 0 aliphatic heterocycles. The minimum atomic E-state index is 0.506. The normalized spacial score (nSPS) is 10.8. The molecule has 0 aliphatic carbocycles. The number of nitrogens with zero attached hydrogens (tertiary/aromatic N) is 1. The van der Waals surface area contributed by atoms with Crippen molar-refractivity contribution >= 4 is 27.0 Å². The summed E-state index contributed by atoms with van der Waals surface area (Å²) in [5, 5.41) is 0. The highest BCUT2D eigenvalue weighted by Gasteiger charge is 2.02. The van der Waals surface area contributed by atoms with Crippen LogP contribution in [0.4, 0.5) is 0 Å². The van der Waals surface area contributed by atoms with E-state index in [1.165, 1.54) is 0 Å². The molecule has 0 atom stereocenters. The van der Waals surface area contributed by atoms with Gasteiger partial charge >= 0.3 is 0 Å². The minimum Gasteiger partial charge on any atom is -0.431 e. The van der Waals surface area contributed by atoms with Crippen molar-refractivity contribution in [2.24, 2.45) is 5.73 Å². The van der Waals surface area contributed by atoms with Crippen molar-refractivity contribution in [3.8, 4) is 0 Å². The molecule has 0 amide bonds. The van der Waals surface area contributed by atoms with E-state index in [9.17, 15) is 0 Å². The van der Waals surface area contributed by atoms with Gasteiger partial charge in [0.25, 0.3) is 4.80 Å². The molecule has 1 aromatic carbocycles. The molecule has 2 rings (SSSR count). The number of aromatic nitrogens is 1. The number of halogens is 1. The molecular formula is C8H7BrN2O. The number of oxazole rings is 1. The fourth-order valence-corrected chi connectivity index (χ4v) is 1.44. The number of hydrogen-bond acceptors (Lipinski definition) is 3. The molecule has 3 nitrogen and oxygen atoms in total. The second kappa shape index (κ2) is 2.88. The highest BCUT2D eigenvalue weighted by Crippen LogP contribution is 2.19. The average Bonchev–Trinajstić information content (AvgIpc) is 2.43. The van der Waals surface area contributed by atoms with Crippen molar-refractivity contribution in [1.82, 2.24) is 4.98 Å². The van der Waals surface area contributed by atoms with Crippen LogP contribution in [-0.2, 0) is 6.54 Å². The van der Waals surface area contributed by atoms with Gasteiger partial charge in [0.05, 0.1) is 0 Å². The van der Waals surface area contributed by atoms with Crippen LogP contribution in [-0.4, -0.2) is 4.98 Å². The third-order valence-corrected chi connectivity index (χ3v) is 2.00. The average molecular weight is 227 g/mol. The molecule has 0 radical (unpaired) electrons. The predicted molar refractivity (Wildman–Crippen MR) is 49.6 cm³/mol. The molecule has 0 spiro atoms. The first-order valence-electron chi connectivity index (χ1n) is 3.54. The van der Waals surface area contributed by atoms with E-state index in [4.69, 9.17) is 10.2 Å². The topological polar surface area (TPSA) is 52.0 Å². The first kappa shape index (κ1) is 7.76. The van der Waals surface area contributed by atoms with E-state index in [-0.39, 0.29) is 0 Å². The number of nitrogens with two attached hydrogens (primary N) is 1. The lowest BCUT2D eigenvalue weighted by Gasteiger charge is -1.92. The summed E-state index contributed by atoms with van der Waals surface area (Å²) in [4.78, 5) is 4.62. The molecular weight excluding hydrogens is 220 g/mol. The van der Waals surface area contributed by atoms with E-state index < -0.39 is 0 Å². The Morgan fingerprint density at radius 3 is 3.08 bits per heavy atom. The van der Waals surface area contributed by atoms with Crippen LogP contribution >= 0.6 is 15.9 Å². The summed E-state index contributed by atoms with van der Waals surface area (Å²) < 4.78 is 5.23. The van der Waals surface area contributed by atoms with Crippen molar-refractivity contribution in [3.05, 3.63) is 28.6 Å². The van der Waals surface area contributed by atoms with Gasteiger partial charge in [-0.1, -0.05) is 6.07 Å². The standard InChI is InChI=1S/C8H7BrN2O/c9-8-11-6-3-5(4-10)1-2-7(6)12-8/h1-3H,4,10H2. The predicted octanol–water partition coefficient (Wildman–Crippen LogP) is 2.05. The van der Waals surface area contributed by atoms with Crippen LogP contribution in [0.2, 0.25) is 0 Å². The van der Waals surface area contributed by atoms with Crippen LogP contribution in [0.5, 0.6) is 0 Å². The Labute approximate surface area is 77.7 Å². The Morgan fingerprint density at radius 2 is 2.33 bits per heavy atom. The lowest BCUT2D eigenvalue weighted by molar-refractivity contribution is 0.570. The summed E-state index contributed by atoms with van der Waals surface area (Å²) >= 11 is 3.16. The maximum absolute atomic E-state index is 5.48. The summed E-state index contributed by atoms with van der Waals surface area (Å²) in [6, 6.07) is 5.72. The number of hydrogen-bond donors (Lipinski definition) is 1. The number of benzene rings is 1. The fourth-order valence-electron chi connectivity index (χ4n) is 1.07. The van der Waals surface area contributed by atoms with Gasteiger partial charge in [-0.25, -0.2) is 4.98 Å². The molecule has 0 fully saturated rings. The Hall–Kier alpha value is -0.870. The maximum atomic E-state index is 5.48. The van der Waals surface area contributed by atoms with Crippen LogP contribution in [0.3, 0.4) is 0 Å². The molecule has 4 heteroatoms. The lowest BCUT2D eigenvalue weighted by atomic mass is 10.2. The number of rotatable bonds is 1. The quantitative estimate of drug-likeness (QED) is 0.810. The van der Waals surface area contributed by atoms with Gasteiger partial charge in [-0.05, 0) is 17.7 Å². The minimum absolute atomic E-state index is 0.506. The summed E-state index contributed by atoms with van der Waals surface area (Å²) in [5.41, 5.74) is 8.15. The number of fused-ring (bicyclic) bond motifs is 1. The van der Waals surface area contributed by atoms with Crippen LogP contribution in [0.1, 0.15) is 5.56 Å². The Kier molecular flexibility index (Phi) is 1.86. The fraction of sp³-hybridized carbons (Fsp3) is 0.125. The molecule has 0 saturated carbocycles. The van der Waals surface area contributed by atoms with Gasteiger partial charge in [0.1, 0.15) is 5.52 Å². The molecule has 12 heavy (non-hydrogen) atoms. The Bertz CT molecular complexity index is 410. The van der Waals surface area contributed by atoms with Gasteiger partial charge in [0.15, 0.2) is 5.58 Å². The zero-order valence-corrected chi connectivity index (χ0v) is 7.84. The highest BCUT2D eigenvalue weighted by atomic mass is 79.9. The smallest absolute Gasteiger partial charge is 0.265 e. The molecule has 0 unspecified atom stereocenters. The van der Waals surface area contributed by atoms with Crippen molar-refractivity contribution in [2.75, 3.05) is 0 Å². The van der Waals surface area contributed by atoms with E-state index in [0.29, 0.717) is 11.3 Å². The molecule has 2 aromatic rings. The summed E-state index contributed by atoms with van der Waals surface area (Å²) in [6.45, 7) is 0.528. The largest absolute Gasteiger partial charge is 0.431 e. The zero-order valence-electron chi connectivity index (χ0n) is 6.25. The maximum Gasteiger partial charge on any atom is 0.265 e. The van der Waals surface area contributed by atoms with Crippen LogP contribution < -0.4 is 5.73 Å². The second-order valence-electron chi connectivity index (χ2n) is 2.47.